The molecule has 128 valence electrons. The molecular formula is C16H18N2O5S. The molecule has 1 aliphatic rings. The number of ether oxygens (including phenoxy) is 4. The molecule has 0 fully saturated rings. The van der Waals surface area contributed by atoms with Crippen molar-refractivity contribution in [3.8, 4) is 5.75 Å². The molecule has 0 atom stereocenters. The van der Waals surface area contributed by atoms with E-state index in [-0.39, 0.29) is 5.76 Å². The lowest BCUT2D eigenvalue weighted by Gasteiger charge is -2.12. The van der Waals surface area contributed by atoms with E-state index in [0.29, 0.717) is 31.2 Å². The van der Waals surface area contributed by atoms with Crippen molar-refractivity contribution in [2.45, 2.75) is 6.54 Å². The summed E-state index contributed by atoms with van der Waals surface area (Å²) in [6.07, 6.45) is 1.31. The van der Waals surface area contributed by atoms with Crippen molar-refractivity contribution < 1.29 is 23.7 Å². The van der Waals surface area contributed by atoms with Crippen LogP contribution in [0.15, 0.2) is 35.2 Å². The van der Waals surface area contributed by atoms with Gasteiger partial charge in [0.05, 0.1) is 23.9 Å². The quantitative estimate of drug-likeness (QED) is 0.820. The van der Waals surface area contributed by atoms with Crippen molar-refractivity contribution in [1.29, 1.82) is 0 Å². The predicted octanol–water partition coefficient (Wildman–Crippen LogP) is 1.67. The summed E-state index contributed by atoms with van der Waals surface area (Å²) in [5, 5.41) is 0. The topological polar surface area (TPSA) is 71.3 Å². The van der Waals surface area contributed by atoms with E-state index in [0.717, 1.165) is 16.0 Å². The Balaban J connectivity index is 2.05. The van der Waals surface area contributed by atoms with Crippen molar-refractivity contribution in [2.24, 2.45) is 4.99 Å². The van der Waals surface area contributed by atoms with E-state index in [1.807, 2.05) is 22.8 Å². The summed E-state index contributed by atoms with van der Waals surface area (Å²) < 4.78 is 23.8. The van der Waals surface area contributed by atoms with Gasteiger partial charge in [-0.05, 0) is 18.2 Å². The van der Waals surface area contributed by atoms with Crippen molar-refractivity contribution in [3.63, 3.8) is 0 Å². The highest BCUT2D eigenvalue weighted by atomic mass is 32.1. The van der Waals surface area contributed by atoms with Crippen molar-refractivity contribution in [1.82, 2.24) is 4.57 Å². The number of rotatable bonds is 5. The molecule has 3 rings (SSSR count). The van der Waals surface area contributed by atoms with Crippen LogP contribution in [-0.2, 0) is 25.5 Å². The number of carbonyl (C=O) groups excluding carboxylic acids is 1. The van der Waals surface area contributed by atoms with Crippen LogP contribution in [0.2, 0.25) is 0 Å². The fourth-order valence-corrected chi connectivity index (χ4v) is 3.37. The molecule has 1 amide bonds. The Labute approximate surface area is 142 Å². The minimum absolute atomic E-state index is 0.120. The number of methoxy groups -OCH3 is 2. The van der Waals surface area contributed by atoms with Crippen LogP contribution in [0, 0.1) is 0 Å². The van der Waals surface area contributed by atoms with Crippen LogP contribution < -0.4 is 9.54 Å². The number of benzene rings is 1. The van der Waals surface area contributed by atoms with E-state index >= 15 is 0 Å². The van der Waals surface area contributed by atoms with E-state index in [9.17, 15) is 4.79 Å². The lowest BCUT2D eigenvalue weighted by Crippen LogP contribution is -2.21. The summed E-state index contributed by atoms with van der Waals surface area (Å²) >= 11 is 1.41. The molecule has 0 saturated carbocycles. The van der Waals surface area contributed by atoms with Gasteiger partial charge in [-0.15, -0.1) is 0 Å². The van der Waals surface area contributed by atoms with E-state index in [1.165, 1.54) is 17.6 Å². The van der Waals surface area contributed by atoms with E-state index in [1.54, 1.807) is 14.2 Å². The molecule has 2 heterocycles. The molecule has 0 unspecified atom stereocenters. The smallest absolute Gasteiger partial charge is 0.317 e. The van der Waals surface area contributed by atoms with Crippen LogP contribution in [0.4, 0.5) is 0 Å². The summed E-state index contributed by atoms with van der Waals surface area (Å²) in [5.41, 5.74) is 0.971. The Kier molecular flexibility index (Phi) is 5.17. The fourth-order valence-electron chi connectivity index (χ4n) is 2.29. The van der Waals surface area contributed by atoms with Gasteiger partial charge >= 0.3 is 5.91 Å². The summed E-state index contributed by atoms with van der Waals surface area (Å²) in [6, 6.07) is 5.75. The first-order valence-corrected chi connectivity index (χ1v) is 8.24. The maximum absolute atomic E-state index is 12.3. The minimum Gasteiger partial charge on any atom is -0.497 e. The Hall–Kier alpha value is -2.32. The van der Waals surface area contributed by atoms with Gasteiger partial charge in [0.1, 0.15) is 25.2 Å². The lowest BCUT2D eigenvalue weighted by atomic mass is 10.3. The first kappa shape index (κ1) is 16.5. The third-order valence-corrected chi connectivity index (χ3v) is 4.51. The standard InChI is InChI=1S/C16H18N2O5S/c1-20-6-5-18-12-4-3-11(21-2)9-14(12)24-16(18)17-15(19)13-10-22-7-8-23-13/h3-4,9-10H,5-8H2,1-2H3. The van der Waals surface area contributed by atoms with E-state index < -0.39 is 5.91 Å². The molecule has 0 saturated heterocycles. The minimum atomic E-state index is -0.459. The van der Waals surface area contributed by atoms with Crippen LogP contribution in [-0.4, -0.2) is 44.5 Å². The number of amides is 1. The molecule has 8 heteroatoms. The third-order valence-electron chi connectivity index (χ3n) is 3.47. The summed E-state index contributed by atoms with van der Waals surface area (Å²) in [4.78, 5) is 17.1. The highest BCUT2D eigenvalue weighted by Gasteiger charge is 2.15. The molecule has 0 spiro atoms. The molecule has 0 radical (unpaired) electrons. The first-order valence-electron chi connectivity index (χ1n) is 7.43. The highest BCUT2D eigenvalue weighted by molar-refractivity contribution is 7.16. The van der Waals surface area contributed by atoms with Crippen LogP contribution in [0.25, 0.3) is 10.2 Å². The van der Waals surface area contributed by atoms with Gasteiger partial charge in [-0.1, -0.05) is 11.3 Å². The molecule has 7 nitrogen and oxygen atoms in total. The summed E-state index contributed by atoms with van der Waals surface area (Å²) in [7, 11) is 3.26. The van der Waals surface area contributed by atoms with Crippen LogP contribution in [0.1, 0.15) is 0 Å². The van der Waals surface area contributed by atoms with Crippen molar-refractivity contribution in [3.05, 3.63) is 35.0 Å². The Bertz CT molecular complexity index is 837. The predicted molar refractivity (Wildman–Crippen MR) is 88.8 cm³/mol. The number of aromatic nitrogens is 1. The van der Waals surface area contributed by atoms with Gasteiger partial charge in [-0.3, -0.25) is 4.79 Å². The molecular weight excluding hydrogens is 332 g/mol. The largest absolute Gasteiger partial charge is 0.497 e. The van der Waals surface area contributed by atoms with Gasteiger partial charge in [0.25, 0.3) is 0 Å². The van der Waals surface area contributed by atoms with Crippen LogP contribution in [0.5, 0.6) is 5.75 Å². The first-order chi connectivity index (χ1) is 11.7. The van der Waals surface area contributed by atoms with Crippen LogP contribution in [0.3, 0.4) is 0 Å². The van der Waals surface area contributed by atoms with Crippen molar-refractivity contribution >= 4 is 27.5 Å². The molecule has 2 aromatic rings. The van der Waals surface area contributed by atoms with E-state index in [2.05, 4.69) is 4.99 Å². The second-order valence-corrected chi connectivity index (χ2v) is 5.99. The molecule has 1 aromatic carbocycles. The van der Waals surface area contributed by atoms with Gasteiger partial charge in [0.15, 0.2) is 4.80 Å². The zero-order valence-corrected chi connectivity index (χ0v) is 14.3. The fraction of sp³-hybridized carbons (Fsp3) is 0.375. The maximum atomic E-state index is 12.3. The van der Waals surface area contributed by atoms with Gasteiger partial charge in [0.2, 0.25) is 5.76 Å². The summed E-state index contributed by atoms with van der Waals surface area (Å²) in [5.74, 6) is 0.418. The number of fused-ring (bicyclic) bond motifs is 1. The molecule has 0 aliphatic carbocycles. The Morgan fingerprint density at radius 2 is 2.25 bits per heavy atom. The molecule has 24 heavy (non-hydrogen) atoms. The average Bonchev–Trinajstić information content (AvgIpc) is 2.96. The molecule has 1 aromatic heterocycles. The monoisotopic (exact) mass is 350 g/mol. The molecule has 0 bridgehead atoms. The Morgan fingerprint density at radius 3 is 2.96 bits per heavy atom. The van der Waals surface area contributed by atoms with Crippen LogP contribution >= 0.6 is 11.3 Å². The van der Waals surface area contributed by atoms with Gasteiger partial charge in [0, 0.05) is 13.7 Å². The zero-order valence-electron chi connectivity index (χ0n) is 13.5. The number of hydrogen-bond acceptors (Lipinski definition) is 6. The lowest BCUT2D eigenvalue weighted by molar-refractivity contribution is -0.119. The number of thiazole rings is 1. The second kappa shape index (κ2) is 7.50. The summed E-state index contributed by atoms with van der Waals surface area (Å²) in [6.45, 7) is 1.89. The number of nitrogens with zero attached hydrogens (tertiary/aromatic N) is 2. The Morgan fingerprint density at radius 1 is 1.38 bits per heavy atom. The van der Waals surface area contributed by atoms with Gasteiger partial charge in [-0.2, -0.15) is 4.99 Å². The van der Waals surface area contributed by atoms with Gasteiger partial charge < -0.3 is 23.5 Å². The average molecular weight is 350 g/mol. The molecule has 1 aliphatic heterocycles. The maximum Gasteiger partial charge on any atom is 0.317 e. The van der Waals surface area contributed by atoms with Crippen molar-refractivity contribution in [2.75, 3.05) is 34.0 Å². The number of carbonyl (C=O) groups is 1. The highest BCUT2D eigenvalue weighted by Crippen LogP contribution is 2.23. The normalized spacial score (nSPS) is 14.9. The van der Waals surface area contributed by atoms with E-state index in [4.69, 9.17) is 18.9 Å². The van der Waals surface area contributed by atoms with Gasteiger partial charge in [-0.25, -0.2) is 0 Å². The SMILES string of the molecule is COCCn1c(=NC(=O)C2=COCCO2)sc2cc(OC)ccc21. The third kappa shape index (κ3) is 3.44. The zero-order chi connectivity index (χ0) is 16.9. The number of hydrogen-bond donors (Lipinski definition) is 0. The molecule has 0 N–H and O–H groups in total. The second-order valence-electron chi connectivity index (χ2n) is 4.98.